The van der Waals surface area contributed by atoms with Gasteiger partial charge in [0.2, 0.25) is 0 Å². The smallest absolute Gasteiger partial charge is 0.309 e. The van der Waals surface area contributed by atoms with Crippen molar-refractivity contribution in [2.24, 2.45) is 5.41 Å². The van der Waals surface area contributed by atoms with Crippen LogP contribution in [0, 0.1) is 5.41 Å². The molecule has 2 aliphatic heterocycles. The Hall–Kier alpha value is -1.55. The first-order valence-electron chi connectivity index (χ1n) is 6.88. The predicted octanol–water partition coefficient (Wildman–Crippen LogP) is 1.83. The van der Waals surface area contributed by atoms with Crippen LogP contribution >= 0.6 is 0 Å². The highest BCUT2D eigenvalue weighted by Crippen LogP contribution is 2.39. The van der Waals surface area contributed by atoms with Crippen LogP contribution < -0.4 is 10.1 Å². The molecule has 3 rings (SSSR count). The van der Waals surface area contributed by atoms with E-state index in [0.29, 0.717) is 19.3 Å². The summed E-state index contributed by atoms with van der Waals surface area (Å²) in [5.74, 6) is 0.246. The van der Waals surface area contributed by atoms with Gasteiger partial charge in [0.15, 0.2) is 0 Å². The van der Waals surface area contributed by atoms with Crippen molar-refractivity contribution in [1.82, 2.24) is 5.32 Å². The van der Waals surface area contributed by atoms with E-state index in [1.807, 2.05) is 18.2 Å². The van der Waals surface area contributed by atoms with Gasteiger partial charge in [-0.15, -0.1) is 0 Å². The maximum Gasteiger partial charge on any atom is 0.309 e. The standard InChI is InChI=1S/C15H19NO3/c17-14(18)15(5-7-16-8-6-15)10-12-9-11-3-1-2-4-13(11)19-12/h1-4,12,16H,5-10H2,(H,17,18). The first kappa shape index (κ1) is 12.5. The molecular weight excluding hydrogens is 242 g/mol. The molecule has 0 bridgehead atoms. The van der Waals surface area contributed by atoms with Gasteiger partial charge in [-0.3, -0.25) is 4.79 Å². The summed E-state index contributed by atoms with van der Waals surface area (Å²) in [4.78, 5) is 11.7. The molecule has 1 atom stereocenters. The van der Waals surface area contributed by atoms with Crippen LogP contribution in [-0.2, 0) is 11.2 Å². The van der Waals surface area contributed by atoms with E-state index in [2.05, 4.69) is 11.4 Å². The van der Waals surface area contributed by atoms with Crippen molar-refractivity contribution < 1.29 is 14.6 Å². The Morgan fingerprint density at radius 3 is 2.79 bits per heavy atom. The number of aliphatic carboxylic acids is 1. The summed E-state index contributed by atoms with van der Waals surface area (Å²) in [6.07, 6.45) is 2.83. The fourth-order valence-electron chi connectivity index (χ4n) is 3.21. The van der Waals surface area contributed by atoms with Gasteiger partial charge in [0.1, 0.15) is 11.9 Å². The lowest BCUT2D eigenvalue weighted by Crippen LogP contribution is -2.44. The van der Waals surface area contributed by atoms with Gasteiger partial charge in [-0.05, 0) is 37.6 Å². The second-order valence-electron chi connectivity index (χ2n) is 5.59. The lowest BCUT2D eigenvalue weighted by Gasteiger charge is -2.35. The molecule has 1 saturated heterocycles. The molecule has 0 amide bonds. The van der Waals surface area contributed by atoms with E-state index in [0.717, 1.165) is 25.3 Å². The van der Waals surface area contributed by atoms with Gasteiger partial charge < -0.3 is 15.2 Å². The van der Waals surface area contributed by atoms with Crippen LogP contribution in [0.2, 0.25) is 0 Å². The number of para-hydroxylation sites is 1. The zero-order valence-corrected chi connectivity index (χ0v) is 10.9. The van der Waals surface area contributed by atoms with Crippen molar-refractivity contribution in [2.75, 3.05) is 13.1 Å². The molecule has 0 saturated carbocycles. The van der Waals surface area contributed by atoms with Crippen LogP contribution in [-0.4, -0.2) is 30.3 Å². The van der Waals surface area contributed by atoms with Crippen LogP contribution in [0.25, 0.3) is 0 Å². The molecule has 1 aromatic rings. The van der Waals surface area contributed by atoms with Gasteiger partial charge >= 0.3 is 5.97 Å². The maximum atomic E-state index is 11.7. The SMILES string of the molecule is O=C(O)C1(CC2Cc3ccccc3O2)CCNCC1. The van der Waals surface area contributed by atoms with E-state index in [4.69, 9.17) is 4.74 Å². The predicted molar refractivity (Wildman–Crippen MR) is 71.4 cm³/mol. The fourth-order valence-corrected chi connectivity index (χ4v) is 3.21. The monoisotopic (exact) mass is 261 g/mol. The lowest BCUT2D eigenvalue weighted by molar-refractivity contribution is -0.152. The third-order valence-corrected chi connectivity index (χ3v) is 4.35. The molecule has 0 radical (unpaired) electrons. The molecule has 4 nitrogen and oxygen atoms in total. The molecule has 1 aromatic carbocycles. The van der Waals surface area contributed by atoms with Crippen molar-refractivity contribution in [2.45, 2.75) is 31.8 Å². The van der Waals surface area contributed by atoms with Crippen LogP contribution in [0.5, 0.6) is 5.75 Å². The topological polar surface area (TPSA) is 58.6 Å². The Balaban J connectivity index is 1.73. The Morgan fingerprint density at radius 2 is 2.11 bits per heavy atom. The van der Waals surface area contributed by atoms with E-state index in [1.165, 1.54) is 5.56 Å². The highest BCUT2D eigenvalue weighted by molar-refractivity contribution is 5.75. The van der Waals surface area contributed by atoms with E-state index in [9.17, 15) is 9.90 Å². The summed E-state index contributed by atoms with van der Waals surface area (Å²) in [6.45, 7) is 1.57. The molecule has 0 aliphatic carbocycles. The summed E-state index contributed by atoms with van der Waals surface area (Å²) in [6, 6.07) is 7.98. The van der Waals surface area contributed by atoms with Gasteiger partial charge in [-0.2, -0.15) is 0 Å². The largest absolute Gasteiger partial charge is 0.490 e. The number of nitrogens with one attached hydrogen (secondary N) is 1. The Bertz CT molecular complexity index is 455. The summed E-state index contributed by atoms with van der Waals surface area (Å²) >= 11 is 0. The number of carboxylic acids is 1. The van der Waals surface area contributed by atoms with Gasteiger partial charge in [-0.25, -0.2) is 0 Å². The van der Waals surface area contributed by atoms with Crippen molar-refractivity contribution in [3.63, 3.8) is 0 Å². The third-order valence-electron chi connectivity index (χ3n) is 4.35. The quantitative estimate of drug-likeness (QED) is 0.871. The zero-order chi connectivity index (χ0) is 13.3. The molecular formula is C15H19NO3. The molecule has 1 fully saturated rings. The zero-order valence-electron chi connectivity index (χ0n) is 10.9. The highest BCUT2D eigenvalue weighted by Gasteiger charge is 2.43. The summed E-state index contributed by atoms with van der Waals surface area (Å²) in [7, 11) is 0. The second kappa shape index (κ2) is 4.85. The summed E-state index contributed by atoms with van der Waals surface area (Å²) < 4.78 is 5.90. The number of carbonyl (C=O) groups is 1. The van der Waals surface area contributed by atoms with Crippen LogP contribution in [0.4, 0.5) is 0 Å². The Morgan fingerprint density at radius 1 is 1.37 bits per heavy atom. The first-order valence-corrected chi connectivity index (χ1v) is 6.88. The molecule has 2 heterocycles. The molecule has 4 heteroatoms. The summed E-state index contributed by atoms with van der Waals surface area (Å²) in [5, 5.41) is 12.8. The van der Waals surface area contributed by atoms with E-state index in [-0.39, 0.29) is 6.10 Å². The maximum absolute atomic E-state index is 11.7. The number of hydrogen-bond donors (Lipinski definition) is 2. The van der Waals surface area contributed by atoms with Crippen LogP contribution in [0.1, 0.15) is 24.8 Å². The number of rotatable bonds is 3. The fraction of sp³-hybridized carbons (Fsp3) is 0.533. The number of piperidine rings is 1. The normalized spacial score (nSPS) is 24.5. The van der Waals surface area contributed by atoms with Crippen molar-refractivity contribution in [3.05, 3.63) is 29.8 Å². The minimum absolute atomic E-state index is 0.00611. The van der Waals surface area contributed by atoms with Gasteiger partial charge in [0, 0.05) is 12.8 Å². The first-order chi connectivity index (χ1) is 9.20. The van der Waals surface area contributed by atoms with Gasteiger partial charge in [-0.1, -0.05) is 18.2 Å². The number of benzene rings is 1. The number of hydrogen-bond acceptors (Lipinski definition) is 3. The van der Waals surface area contributed by atoms with Crippen LogP contribution in [0.3, 0.4) is 0 Å². The number of carboxylic acid groups (broad SMARTS) is 1. The Kier molecular flexibility index (Phi) is 3.19. The van der Waals surface area contributed by atoms with E-state index >= 15 is 0 Å². The van der Waals surface area contributed by atoms with Crippen molar-refractivity contribution >= 4 is 5.97 Å². The van der Waals surface area contributed by atoms with E-state index < -0.39 is 11.4 Å². The minimum atomic E-state index is -0.673. The average Bonchev–Trinajstić information content (AvgIpc) is 2.81. The van der Waals surface area contributed by atoms with Crippen molar-refractivity contribution in [1.29, 1.82) is 0 Å². The van der Waals surface area contributed by atoms with Gasteiger partial charge in [0.05, 0.1) is 5.41 Å². The van der Waals surface area contributed by atoms with Gasteiger partial charge in [0.25, 0.3) is 0 Å². The average molecular weight is 261 g/mol. The van der Waals surface area contributed by atoms with Crippen molar-refractivity contribution in [3.8, 4) is 5.75 Å². The number of ether oxygens (including phenoxy) is 1. The van der Waals surface area contributed by atoms with E-state index in [1.54, 1.807) is 0 Å². The Labute approximate surface area is 112 Å². The molecule has 2 N–H and O–H groups in total. The third kappa shape index (κ3) is 2.32. The molecule has 19 heavy (non-hydrogen) atoms. The molecule has 0 spiro atoms. The number of fused-ring (bicyclic) bond motifs is 1. The highest BCUT2D eigenvalue weighted by atomic mass is 16.5. The summed E-state index contributed by atoms with van der Waals surface area (Å²) in [5.41, 5.74) is 0.583. The molecule has 102 valence electrons. The molecule has 0 aromatic heterocycles. The lowest BCUT2D eigenvalue weighted by atomic mass is 9.74. The minimum Gasteiger partial charge on any atom is -0.490 e. The second-order valence-corrected chi connectivity index (χ2v) is 5.59. The molecule has 2 aliphatic rings. The van der Waals surface area contributed by atoms with Crippen LogP contribution in [0.15, 0.2) is 24.3 Å². The molecule has 1 unspecified atom stereocenters.